The van der Waals surface area contributed by atoms with Crippen LogP contribution in [-0.2, 0) is 9.59 Å². The molecular weight excluding hydrogens is 224 g/mol. The van der Waals surface area contributed by atoms with E-state index in [9.17, 15) is 9.59 Å². The van der Waals surface area contributed by atoms with Gasteiger partial charge in [-0.15, -0.1) is 0 Å². The summed E-state index contributed by atoms with van der Waals surface area (Å²) in [6.45, 7) is 0. The van der Waals surface area contributed by atoms with Gasteiger partial charge in [-0.1, -0.05) is 30.4 Å². The first-order valence-electron chi connectivity index (χ1n) is 6.05. The van der Waals surface area contributed by atoms with Crippen LogP contribution in [-0.4, -0.2) is 11.6 Å². The molecule has 4 rings (SSSR count). The third kappa shape index (κ3) is 1.12. The lowest BCUT2D eigenvalue weighted by Crippen LogP contribution is -2.34. The van der Waals surface area contributed by atoms with E-state index in [1.54, 1.807) is 12.2 Å². The Bertz CT molecular complexity index is 791. The molecule has 3 aliphatic rings. The van der Waals surface area contributed by atoms with Gasteiger partial charge in [0.2, 0.25) is 0 Å². The second-order valence-corrected chi connectivity index (χ2v) is 4.92. The first kappa shape index (κ1) is 9.77. The normalized spacial score (nSPS) is 22.9. The van der Waals surface area contributed by atoms with Crippen LogP contribution in [0.3, 0.4) is 0 Å². The summed E-state index contributed by atoms with van der Waals surface area (Å²) in [5, 5.41) is 2.06. The number of hydrogen-bond acceptors (Lipinski definition) is 2. The summed E-state index contributed by atoms with van der Waals surface area (Å²) in [7, 11) is 0. The quantitative estimate of drug-likeness (QED) is 0.666. The molecule has 0 spiro atoms. The number of hydrogen-bond donors (Lipinski definition) is 0. The Kier molecular flexibility index (Phi) is 1.72. The van der Waals surface area contributed by atoms with E-state index in [0.29, 0.717) is 6.42 Å². The molecule has 2 nitrogen and oxygen atoms in total. The molecule has 18 heavy (non-hydrogen) atoms. The monoisotopic (exact) mass is 234 g/mol. The lowest BCUT2D eigenvalue weighted by atomic mass is 9.74. The van der Waals surface area contributed by atoms with Crippen molar-refractivity contribution in [1.82, 2.24) is 0 Å². The summed E-state index contributed by atoms with van der Waals surface area (Å²) < 4.78 is 0. The summed E-state index contributed by atoms with van der Waals surface area (Å²) in [5.74, 6) is 0.0453. The third-order valence-electron chi connectivity index (χ3n) is 3.85. The zero-order chi connectivity index (χ0) is 12.3. The number of rotatable bonds is 0. The predicted molar refractivity (Wildman–Crippen MR) is 69.1 cm³/mol. The van der Waals surface area contributed by atoms with E-state index < -0.39 is 0 Å². The van der Waals surface area contributed by atoms with Crippen LogP contribution in [0.1, 0.15) is 23.5 Å². The smallest absolute Gasteiger partial charge is 0.179 e. The number of carbonyl (C=O) groups is 2. The van der Waals surface area contributed by atoms with Crippen LogP contribution in [0.25, 0.3) is 17.7 Å². The SMILES string of the molecule is O=C1C=C2CC(=O)C3C=CC=c4ccc(c2c43)=C1. The van der Waals surface area contributed by atoms with Crippen LogP contribution in [0.2, 0.25) is 0 Å². The van der Waals surface area contributed by atoms with Gasteiger partial charge in [0, 0.05) is 6.42 Å². The van der Waals surface area contributed by atoms with Crippen LogP contribution in [0.15, 0.2) is 30.4 Å². The molecular formula is C16H10O2. The summed E-state index contributed by atoms with van der Waals surface area (Å²) in [5.41, 5.74) is 3.08. The Morgan fingerprint density at radius 1 is 1.06 bits per heavy atom. The molecule has 0 aromatic heterocycles. The summed E-state index contributed by atoms with van der Waals surface area (Å²) >= 11 is 0. The van der Waals surface area contributed by atoms with Crippen molar-refractivity contribution in [2.45, 2.75) is 12.3 Å². The highest BCUT2D eigenvalue weighted by molar-refractivity contribution is 6.20. The largest absolute Gasteiger partial charge is 0.298 e. The van der Waals surface area contributed by atoms with Gasteiger partial charge in [-0.05, 0) is 39.3 Å². The fourth-order valence-corrected chi connectivity index (χ4v) is 3.12. The minimum Gasteiger partial charge on any atom is -0.298 e. The molecule has 0 radical (unpaired) electrons. The molecule has 0 saturated carbocycles. The van der Waals surface area contributed by atoms with E-state index in [2.05, 4.69) is 0 Å². The van der Waals surface area contributed by atoms with Crippen LogP contribution >= 0.6 is 0 Å². The highest BCUT2D eigenvalue weighted by Gasteiger charge is 2.32. The van der Waals surface area contributed by atoms with Crippen molar-refractivity contribution in [2.24, 2.45) is 0 Å². The Morgan fingerprint density at radius 2 is 1.89 bits per heavy atom. The van der Waals surface area contributed by atoms with Crippen LogP contribution in [0.4, 0.5) is 0 Å². The maximum atomic E-state index is 12.2. The molecule has 0 amide bonds. The highest BCUT2D eigenvalue weighted by atomic mass is 16.1. The van der Waals surface area contributed by atoms with Crippen molar-refractivity contribution in [3.8, 4) is 0 Å². The molecule has 0 N–H and O–H groups in total. The van der Waals surface area contributed by atoms with Gasteiger partial charge < -0.3 is 0 Å². The van der Waals surface area contributed by atoms with Crippen molar-refractivity contribution in [1.29, 1.82) is 0 Å². The Morgan fingerprint density at radius 3 is 2.78 bits per heavy atom. The van der Waals surface area contributed by atoms with E-state index >= 15 is 0 Å². The molecule has 0 aliphatic heterocycles. The average Bonchev–Trinajstić information content (AvgIpc) is 2.36. The number of ketones is 2. The highest BCUT2D eigenvalue weighted by Crippen LogP contribution is 2.35. The Hall–Kier alpha value is -2.22. The predicted octanol–water partition coefficient (Wildman–Crippen LogP) is 0.840. The lowest BCUT2D eigenvalue weighted by Gasteiger charge is -2.28. The van der Waals surface area contributed by atoms with Gasteiger partial charge in [0.15, 0.2) is 5.78 Å². The van der Waals surface area contributed by atoms with Gasteiger partial charge in [0.25, 0.3) is 0 Å². The van der Waals surface area contributed by atoms with Crippen molar-refractivity contribution in [3.63, 3.8) is 0 Å². The summed E-state index contributed by atoms with van der Waals surface area (Å²) in [6.07, 6.45) is 9.57. The zero-order valence-electron chi connectivity index (χ0n) is 9.64. The maximum Gasteiger partial charge on any atom is 0.179 e. The van der Waals surface area contributed by atoms with Gasteiger partial charge >= 0.3 is 0 Å². The minimum absolute atomic E-state index is 0.0148. The average molecular weight is 234 g/mol. The number of benzene rings is 1. The molecule has 1 atom stereocenters. The Labute approximate surface area is 104 Å². The Balaban J connectivity index is 2.22. The summed E-state index contributed by atoms with van der Waals surface area (Å²) in [4.78, 5) is 23.8. The molecule has 1 aromatic carbocycles. The van der Waals surface area contributed by atoms with Gasteiger partial charge in [-0.2, -0.15) is 0 Å². The summed E-state index contributed by atoms with van der Waals surface area (Å²) in [6, 6.07) is 3.97. The molecule has 1 aromatic rings. The number of carbonyl (C=O) groups excluding carboxylic acids is 2. The number of allylic oxidation sites excluding steroid dienone is 4. The molecule has 2 heteroatoms. The van der Waals surface area contributed by atoms with E-state index in [0.717, 1.165) is 27.1 Å². The number of Topliss-reactive ketones (excluding diaryl/α,β-unsaturated/α-hetero) is 1. The van der Waals surface area contributed by atoms with Gasteiger partial charge in [-0.3, -0.25) is 9.59 Å². The molecule has 86 valence electrons. The first-order chi connectivity index (χ1) is 8.74. The van der Waals surface area contributed by atoms with Crippen LogP contribution in [0, 0.1) is 0 Å². The molecule has 1 unspecified atom stereocenters. The van der Waals surface area contributed by atoms with Gasteiger partial charge in [0.1, 0.15) is 5.78 Å². The van der Waals surface area contributed by atoms with Crippen molar-refractivity contribution in [3.05, 3.63) is 51.9 Å². The minimum atomic E-state index is -0.126. The molecule has 0 heterocycles. The van der Waals surface area contributed by atoms with E-state index in [1.165, 1.54) is 0 Å². The van der Waals surface area contributed by atoms with Crippen LogP contribution in [0.5, 0.6) is 0 Å². The second-order valence-electron chi connectivity index (χ2n) is 4.92. The zero-order valence-corrected chi connectivity index (χ0v) is 9.64. The van der Waals surface area contributed by atoms with Crippen LogP contribution < -0.4 is 10.4 Å². The maximum absolute atomic E-state index is 12.2. The van der Waals surface area contributed by atoms with E-state index in [1.807, 2.05) is 30.4 Å². The van der Waals surface area contributed by atoms with E-state index in [4.69, 9.17) is 0 Å². The molecule has 0 saturated heterocycles. The second kappa shape index (κ2) is 3.16. The fraction of sp³-hybridized carbons (Fsp3) is 0.125. The molecule has 0 bridgehead atoms. The molecule has 0 fully saturated rings. The van der Waals surface area contributed by atoms with Crippen molar-refractivity contribution < 1.29 is 9.59 Å². The van der Waals surface area contributed by atoms with E-state index in [-0.39, 0.29) is 17.5 Å². The molecule has 3 aliphatic carbocycles. The van der Waals surface area contributed by atoms with Gasteiger partial charge in [-0.25, -0.2) is 0 Å². The first-order valence-corrected chi connectivity index (χ1v) is 6.05. The van der Waals surface area contributed by atoms with Crippen molar-refractivity contribution in [2.75, 3.05) is 0 Å². The standard InChI is InChI=1S/C16H10O2/c17-12-6-10-5-4-9-2-1-3-13-14(18)8-11(7-12)15(10)16(9)13/h1-7,13H,8H2. The fourth-order valence-electron chi connectivity index (χ4n) is 3.12. The van der Waals surface area contributed by atoms with Crippen molar-refractivity contribution >= 4 is 29.3 Å². The lowest BCUT2D eigenvalue weighted by molar-refractivity contribution is -0.118. The third-order valence-corrected chi connectivity index (χ3v) is 3.85. The topological polar surface area (TPSA) is 34.1 Å². The van der Waals surface area contributed by atoms with Gasteiger partial charge in [0.05, 0.1) is 5.92 Å².